The minimum Gasteiger partial charge on any atom is -0.468 e. The molecule has 0 heterocycles. The monoisotopic (exact) mass is 212 g/mol. The summed E-state index contributed by atoms with van der Waals surface area (Å²) in [6, 6.07) is 0. The highest BCUT2D eigenvalue weighted by Gasteiger charge is 2.40. The van der Waals surface area contributed by atoms with Crippen LogP contribution in [0.15, 0.2) is 12.2 Å². The molecule has 0 saturated heterocycles. The maximum absolute atomic E-state index is 11.4. The van der Waals surface area contributed by atoms with Crippen LogP contribution in [-0.2, 0) is 14.3 Å². The van der Waals surface area contributed by atoms with Crippen LogP contribution in [0, 0.1) is 17.3 Å². The van der Waals surface area contributed by atoms with Gasteiger partial charge in [-0.15, -0.1) is 0 Å². The van der Waals surface area contributed by atoms with Gasteiger partial charge in [0.25, 0.3) is 0 Å². The van der Waals surface area contributed by atoms with E-state index in [0.717, 1.165) is 5.57 Å². The highest BCUT2D eigenvalue weighted by atomic mass is 16.5. The number of ether oxygens (including phenoxy) is 1. The summed E-state index contributed by atoms with van der Waals surface area (Å²) in [5.41, 5.74) is 0.483. The van der Waals surface area contributed by atoms with E-state index in [1.54, 1.807) is 0 Å². The lowest BCUT2D eigenvalue weighted by molar-refractivity contribution is -0.152. The zero-order valence-corrected chi connectivity index (χ0v) is 10.2. The molecule has 0 radical (unpaired) electrons. The van der Waals surface area contributed by atoms with Gasteiger partial charge in [0, 0.05) is 0 Å². The van der Waals surface area contributed by atoms with Gasteiger partial charge < -0.3 is 9.53 Å². The molecule has 15 heavy (non-hydrogen) atoms. The predicted molar refractivity (Wildman–Crippen MR) is 59.3 cm³/mol. The van der Waals surface area contributed by atoms with Gasteiger partial charge in [-0.1, -0.05) is 32.9 Å². The Hall–Kier alpha value is -1.12. The highest BCUT2D eigenvalue weighted by Crippen LogP contribution is 2.38. The van der Waals surface area contributed by atoms with E-state index in [4.69, 9.17) is 0 Å². The molecule has 0 rings (SSSR count). The van der Waals surface area contributed by atoms with Gasteiger partial charge in [-0.05, 0) is 18.3 Å². The van der Waals surface area contributed by atoms with Gasteiger partial charge in [0.05, 0.1) is 7.11 Å². The molecule has 2 atom stereocenters. The van der Waals surface area contributed by atoms with Crippen LogP contribution in [0.25, 0.3) is 0 Å². The van der Waals surface area contributed by atoms with Gasteiger partial charge in [0.15, 0.2) is 0 Å². The van der Waals surface area contributed by atoms with Crippen molar-refractivity contribution in [3.05, 3.63) is 12.2 Å². The van der Waals surface area contributed by atoms with E-state index in [2.05, 4.69) is 11.3 Å². The summed E-state index contributed by atoms with van der Waals surface area (Å²) in [5, 5.41) is 0. The average Bonchev–Trinajstić information content (AvgIpc) is 2.16. The van der Waals surface area contributed by atoms with E-state index in [0.29, 0.717) is 6.29 Å². The first-order valence-electron chi connectivity index (χ1n) is 4.97. The van der Waals surface area contributed by atoms with Crippen molar-refractivity contribution >= 4 is 12.3 Å². The molecule has 0 aliphatic heterocycles. The molecular formula is C12H20O3. The molecule has 0 aromatic rings. The van der Waals surface area contributed by atoms with Gasteiger partial charge in [0.2, 0.25) is 0 Å². The fraction of sp³-hybridized carbons (Fsp3) is 0.667. The number of esters is 1. The van der Waals surface area contributed by atoms with Crippen LogP contribution >= 0.6 is 0 Å². The molecule has 0 aliphatic rings. The van der Waals surface area contributed by atoms with Gasteiger partial charge in [-0.3, -0.25) is 4.79 Å². The maximum atomic E-state index is 11.4. The van der Waals surface area contributed by atoms with E-state index in [9.17, 15) is 9.59 Å². The highest BCUT2D eigenvalue weighted by molar-refractivity contribution is 5.88. The molecule has 0 bridgehead atoms. The zero-order valence-electron chi connectivity index (χ0n) is 10.2. The summed E-state index contributed by atoms with van der Waals surface area (Å²) in [7, 11) is 1.29. The van der Waals surface area contributed by atoms with Crippen LogP contribution in [-0.4, -0.2) is 19.4 Å². The number of hydrogen-bond donors (Lipinski definition) is 0. The summed E-state index contributed by atoms with van der Waals surface area (Å²) in [5.74, 6) is -1.15. The van der Waals surface area contributed by atoms with Crippen molar-refractivity contribution in [2.24, 2.45) is 17.3 Å². The third kappa shape index (κ3) is 2.91. The number of hydrogen-bond acceptors (Lipinski definition) is 3. The van der Waals surface area contributed by atoms with Gasteiger partial charge >= 0.3 is 5.97 Å². The Morgan fingerprint density at radius 1 is 1.47 bits per heavy atom. The molecule has 0 aromatic carbocycles. The first-order valence-corrected chi connectivity index (χ1v) is 4.97. The molecule has 0 aromatic heterocycles. The number of allylic oxidation sites excluding steroid dienone is 1. The predicted octanol–water partition coefficient (Wildman–Crippen LogP) is 2.21. The van der Waals surface area contributed by atoms with Crippen LogP contribution in [0.4, 0.5) is 0 Å². The number of methoxy groups -OCH3 is 1. The van der Waals surface area contributed by atoms with Gasteiger partial charge in [0.1, 0.15) is 12.2 Å². The molecule has 0 amide bonds. The smallest absolute Gasteiger partial charge is 0.316 e. The van der Waals surface area contributed by atoms with E-state index in [1.807, 2.05) is 27.7 Å². The molecular weight excluding hydrogens is 192 g/mol. The minimum atomic E-state index is -0.741. The Bertz CT molecular complexity index is 266. The summed E-state index contributed by atoms with van der Waals surface area (Å²) < 4.78 is 4.62. The van der Waals surface area contributed by atoms with Crippen molar-refractivity contribution in [1.29, 1.82) is 0 Å². The SMILES string of the molecule is C=C(C)C(C)C(C)(C)C(C=O)C(=O)OC. The Morgan fingerprint density at radius 3 is 2.20 bits per heavy atom. The quantitative estimate of drug-likeness (QED) is 0.304. The molecule has 3 heteroatoms. The molecule has 3 nitrogen and oxygen atoms in total. The number of rotatable bonds is 5. The van der Waals surface area contributed by atoms with Gasteiger partial charge in [-0.25, -0.2) is 0 Å². The summed E-state index contributed by atoms with van der Waals surface area (Å²) in [6.07, 6.45) is 0.658. The molecule has 86 valence electrons. The van der Waals surface area contributed by atoms with Crippen molar-refractivity contribution in [3.63, 3.8) is 0 Å². The van der Waals surface area contributed by atoms with Crippen LogP contribution in [0.2, 0.25) is 0 Å². The third-order valence-corrected chi connectivity index (χ3v) is 3.25. The van der Waals surface area contributed by atoms with Crippen molar-refractivity contribution in [2.45, 2.75) is 27.7 Å². The number of carbonyl (C=O) groups excluding carboxylic acids is 2. The van der Waals surface area contributed by atoms with Crippen LogP contribution in [0.3, 0.4) is 0 Å². The van der Waals surface area contributed by atoms with Crippen LogP contribution < -0.4 is 0 Å². The van der Waals surface area contributed by atoms with Gasteiger partial charge in [-0.2, -0.15) is 0 Å². The fourth-order valence-electron chi connectivity index (χ4n) is 1.57. The average molecular weight is 212 g/mol. The summed E-state index contributed by atoms with van der Waals surface area (Å²) in [6.45, 7) is 11.5. The van der Waals surface area contributed by atoms with E-state index < -0.39 is 17.3 Å². The first-order chi connectivity index (χ1) is 6.78. The Kier molecular flexibility index (Phi) is 4.72. The van der Waals surface area contributed by atoms with E-state index in [-0.39, 0.29) is 5.92 Å². The lowest BCUT2D eigenvalue weighted by Crippen LogP contribution is -2.38. The van der Waals surface area contributed by atoms with Crippen molar-refractivity contribution in [1.82, 2.24) is 0 Å². The Labute approximate surface area is 91.5 Å². The second-order valence-corrected chi connectivity index (χ2v) is 4.53. The first kappa shape index (κ1) is 13.9. The Balaban J connectivity index is 5.04. The topological polar surface area (TPSA) is 43.4 Å². The number of aldehydes is 1. The molecule has 0 aliphatic carbocycles. The summed E-state index contributed by atoms with van der Waals surface area (Å²) in [4.78, 5) is 22.4. The van der Waals surface area contributed by atoms with E-state index >= 15 is 0 Å². The zero-order chi connectivity index (χ0) is 12.2. The second-order valence-electron chi connectivity index (χ2n) is 4.53. The lowest BCUT2D eigenvalue weighted by Gasteiger charge is -2.35. The molecule has 0 saturated carbocycles. The third-order valence-electron chi connectivity index (χ3n) is 3.25. The molecule has 2 unspecified atom stereocenters. The minimum absolute atomic E-state index is 0.0757. The van der Waals surface area contributed by atoms with Crippen LogP contribution in [0.1, 0.15) is 27.7 Å². The normalized spacial score (nSPS) is 15.3. The Morgan fingerprint density at radius 2 is 1.93 bits per heavy atom. The second kappa shape index (κ2) is 5.10. The standard InChI is InChI=1S/C12H20O3/c1-8(2)9(3)12(4,5)10(7-13)11(14)15-6/h7,9-10H,1H2,2-6H3. The molecule has 0 N–H and O–H groups in total. The number of carbonyl (C=O) groups is 2. The molecule has 0 spiro atoms. The van der Waals surface area contributed by atoms with Crippen LogP contribution in [0.5, 0.6) is 0 Å². The largest absolute Gasteiger partial charge is 0.468 e. The summed E-state index contributed by atoms with van der Waals surface area (Å²) >= 11 is 0. The van der Waals surface area contributed by atoms with E-state index in [1.165, 1.54) is 7.11 Å². The van der Waals surface area contributed by atoms with Crippen molar-refractivity contribution < 1.29 is 14.3 Å². The fourth-order valence-corrected chi connectivity index (χ4v) is 1.57. The van der Waals surface area contributed by atoms with Crippen molar-refractivity contribution in [2.75, 3.05) is 7.11 Å². The lowest BCUT2D eigenvalue weighted by atomic mass is 9.68. The molecule has 0 fully saturated rings. The van der Waals surface area contributed by atoms with Crippen molar-refractivity contribution in [3.8, 4) is 0 Å². The maximum Gasteiger partial charge on any atom is 0.316 e.